The number of hydrogen-bond donors (Lipinski definition) is 2. The average molecular weight is 406 g/mol. The second-order valence-electron chi connectivity index (χ2n) is 5.38. The maximum atomic E-state index is 13.0. The van der Waals surface area contributed by atoms with Gasteiger partial charge in [0.2, 0.25) is 0 Å². The number of anilines is 1. The van der Waals surface area contributed by atoms with Crippen molar-refractivity contribution in [2.24, 2.45) is 0 Å². The van der Waals surface area contributed by atoms with E-state index in [4.69, 9.17) is 4.74 Å². The van der Waals surface area contributed by atoms with E-state index in [-0.39, 0.29) is 5.75 Å². The molecule has 7 nitrogen and oxygen atoms in total. The number of aliphatic hydroxyl groups excluding tert-OH is 1. The molecule has 1 atom stereocenters. The molecule has 0 heterocycles. The van der Waals surface area contributed by atoms with E-state index >= 15 is 0 Å². The normalized spacial score (nSPS) is 12.4. The van der Waals surface area contributed by atoms with Crippen LogP contribution in [-0.4, -0.2) is 28.6 Å². The number of carbonyl (C=O) groups excluding carboxylic acids is 1. The van der Waals surface area contributed by atoms with Gasteiger partial charge in [-0.05, 0) is 24.3 Å². The van der Waals surface area contributed by atoms with Crippen LogP contribution < -0.4 is 10.1 Å². The number of nitrogens with one attached hydrogen (secondary N) is 1. The number of rotatable bonds is 6. The molecule has 0 spiro atoms. The molecule has 28 heavy (non-hydrogen) atoms. The smallest absolute Gasteiger partial charge is 0.423 e. The summed E-state index contributed by atoms with van der Waals surface area (Å²) in [7, 11) is 0. The summed E-state index contributed by atoms with van der Waals surface area (Å²) in [6.45, 7) is -0.712. The van der Waals surface area contributed by atoms with Crippen molar-refractivity contribution in [1.82, 2.24) is 0 Å². The molecule has 0 aliphatic heterocycles. The topological polar surface area (TPSA) is 102 Å². The van der Waals surface area contributed by atoms with Gasteiger partial charge in [0.25, 0.3) is 11.6 Å². The highest BCUT2D eigenvalue weighted by molar-refractivity contribution is 5.94. The fourth-order valence-electron chi connectivity index (χ4n) is 2.04. The number of aliphatic hydroxyl groups is 1. The first-order valence-corrected chi connectivity index (χ1v) is 7.41. The van der Waals surface area contributed by atoms with Gasteiger partial charge in [-0.2, -0.15) is 13.2 Å². The number of amides is 1. The molecule has 2 N–H and O–H groups in total. The molecule has 0 fully saturated rings. The Bertz CT molecular complexity index is 903. The zero-order valence-electron chi connectivity index (χ0n) is 13.7. The number of nitro groups is 1. The number of nitro benzene ring substituents is 1. The van der Waals surface area contributed by atoms with Crippen LogP contribution in [0.15, 0.2) is 36.4 Å². The molecule has 0 aromatic heterocycles. The SMILES string of the molecule is O=C(Nc1ccc([N+](=O)[O-])c(C(F)(F)F)c1)C(O)COc1ccc(F)c(F)c1. The van der Waals surface area contributed by atoms with Crippen LogP contribution in [0.3, 0.4) is 0 Å². The van der Waals surface area contributed by atoms with Gasteiger partial charge >= 0.3 is 6.18 Å². The number of ether oxygens (including phenoxy) is 1. The lowest BCUT2D eigenvalue weighted by Gasteiger charge is -2.14. The van der Waals surface area contributed by atoms with E-state index in [0.29, 0.717) is 18.2 Å². The maximum absolute atomic E-state index is 13.0. The lowest BCUT2D eigenvalue weighted by molar-refractivity contribution is -0.388. The Morgan fingerprint density at radius 2 is 1.86 bits per heavy atom. The van der Waals surface area contributed by atoms with E-state index in [1.54, 1.807) is 0 Å². The van der Waals surface area contributed by atoms with E-state index < -0.39 is 58.3 Å². The second-order valence-corrected chi connectivity index (χ2v) is 5.38. The second kappa shape index (κ2) is 8.17. The van der Waals surface area contributed by atoms with Crippen LogP contribution in [0.4, 0.5) is 33.3 Å². The van der Waals surface area contributed by atoms with Crippen LogP contribution in [-0.2, 0) is 11.0 Å². The molecule has 0 saturated carbocycles. The summed E-state index contributed by atoms with van der Waals surface area (Å²) < 4.78 is 69.5. The fraction of sp³-hybridized carbons (Fsp3) is 0.188. The minimum atomic E-state index is -5.04. The van der Waals surface area contributed by atoms with E-state index in [9.17, 15) is 42.0 Å². The van der Waals surface area contributed by atoms with Crippen molar-refractivity contribution in [1.29, 1.82) is 0 Å². The van der Waals surface area contributed by atoms with Gasteiger partial charge in [-0.15, -0.1) is 0 Å². The molecule has 2 rings (SSSR count). The third kappa shape index (κ3) is 5.13. The van der Waals surface area contributed by atoms with Crippen molar-refractivity contribution in [2.45, 2.75) is 12.3 Å². The molecule has 2 aromatic rings. The van der Waals surface area contributed by atoms with Gasteiger partial charge in [-0.1, -0.05) is 0 Å². The first-order valence-electron chi connectivity index (χ1n) is 7.41. The van der Waals surface area contributed by atoms with Crippen molar-refractivity contribution in [3.05, 3.63) is 63.7 Å². The molecule has 0 aliphatic rings. The summed E-state index contributed by atoms with van der Waals surface area (Å²) in [6.07, 6.45) is -6.92. The Morgan fingerprint density at radius 3 is 2.43 bits per heavy atom. The number of halogens is 5. The first-order chi connectivity index (χ1) is 13.0. The predicted molar refractivity (Wildman–Crippen MR) is 84.6 cm³/mol. The highest BCUT2D eigenvalue weighted by Crippen LogP contribution is 2.37. The standard InChI is InChI=1S/C16H11F5N2O5/c17-11-3-2-9(6-12(11)18)28-7-14(24)15(25)22-8-1-4-13(23(26)27)10(5-8)16(19,20)21/h1-6,14,24H,7H2,(H,22,25). The van der Waals surface area contributed by atoms with Gasteiger partial charge < -0.3 is 15.2 Å². The van der Waals surface area contributed by atoms with Crippen molar-refractivity contribution in [3.8, 4) is 5.75 Å². The molecule has 12 heteroatoms. The van der Waals surface area contributed by atoms with E-state index in [1.165, 1.54) is 0 Å². The molecule has 1 amide bonds. The Morgan fingerprint density at radius 1 is 1.18 bits per heavy atom. The van der Waals surface area contributed by atoms with Crippen molar-refractivity contribution in [2.75, 3.05) is 11.9 Å². The fourth-order valence-corrected chi connectivity index (χ4v) is 2.04. The third-order valence-corrected chi connectivity index (χ3v) is 3.37. The third-order valence-electron chi connectivity index (χ3n) is 3.37. The Balaban J connectivity index is 2.07. The van der Waals surface area contributed by atoms with Gasteiger partial charge in [0, 0.05) is 17.8 Å². The van der Waals surface area contributed by atoms with Crippen molar-refractivity contribution < 1.29 is 41.5 Å². The van der Waals surface area contributed by atoms with E-state index in [0.717, 1.165) is 18.2 Å². The molecule has 0 aliphatic carbocycles. The minimum Gasteiger partial charge on any atom is -0.490 e. The number of carbonyl (C=O) groups is 1. The van der Waals surface area contributed by atoms with Gasteiger partial charge in [-0.3, -0.25) is 14.9 Å². The van der Waals surface area contributed by atoms with Crippen LogP contribution in [0.2, 0.25) is 0 Å². The Labute approximate surface area is 153 Å². The number of hydrogen-bond acceptors (Lipinski definition) is 5. The zero-order chi connectivity index (χ0) is 21.1. The molecular formula is C16H11F5N2O5. The summed E-state index contributed by atoms with van der Waals surface area (Å²) in [6, 6.07) is 4.23. The quantitative estimate of drug-likeness (QED) is 0.436. The largest absolute Gasteiger partial charge is 0.490 e. The van der Waals surface area contributed by atoms with Crippen LogP contribution in [0.25, 0.3) is 0 Å². The minimum absolute atomic E-state index is 0.194. The van der Waals surface area contributed by atoms with Crippen LogP contribution in [0.1, 0.15) is 5.56 Å². The summed E-state index contributed by atoms with van der Waals surface area (Å²) in [4.78, 5) is 21.3. The summed E-state index contributed by atoms with van der Waals surface area (Å²) >= 11 is 0. The van der Waals surface area contributed by atoms with Crippen LogP contribution in [0, 0.1) is 21.7 Å². The molecule has 0 radical (unpaired) electrons. The lowest BCUT2D eigenvalue weighted by atomic mass is 10.1. The molecule has 0 bridgehead atoms. The molecule has 2 aromatic carbocycles. The van der Waals surface area contributed by atoms with Gasteiger partial charge in [0.1, 0.15) is 17.9 Å². The van der Waals surface area contributed by atoms with Gasteiger partial charge in [0.15, 0.2) is 17.7 Å². The van der Waals surface area contributed by atoms with Gasteiger partial charge in [-0.25, -0.2) is 8.78 Å². The first kappa shape index (κ1) is 21.0. The summed E-state index contributed by atoms with van der Waals surface area (Å²) in [5, 5.41) is 22.3. The molecular weight excluding hydrogens is 395 g/mol. The predicted octanol–water partition coefficient (Wildman–Crippen LogP) is 3.27. The molecule has 1 unspecified atom stereocenters. The van der Waals surface area contributed by atoms with Crippen LogP contribution in [0.5, 0.6) is 5.75 Å². The number of alkyl halides is 3. The lowest BCUT2D eigenvalue weighted by Crippen LogP contribution is -2.33. The Hall–Kier alpha value is -3.28. The molecule has 150 valence electrons. The van der Waals surface area contributed by atoms with Gasteiger partial charge in [0.05, 0.1) is 4.92 Å². The number of nitrogens with zero attached hydrogens (tertiary/aromatic N) is 1. The zero-order valence-corrected chi connectivity index (χ0v) is 13.7. The van der Waals surface area contributed by atoms with E-state index in [1.807, 2.05) is 5.32 Å². The summed E-state index contributed by atoms with van der Waals surface area (Å²) in [5.74, 6) is -3.73. The molecule has 0 saturated heterocycles. The monoisotopic (exact) mass is 406 g/mol. The van der Waals surface area contributed by atoms with Crippen molar-refractivity contribution in [3.63, 3.8) is 0 Å². The maximum Gasteiger partial charge on any atom is 0.423 e. The summed E-state index contributed by atoms with van der Waals surface area (Å²) in [5.41, 5.74) is -3.23. The van der Waals surface area contributed by atoms with Crippen molar-refractivity contribution >= 4 is 17.3 Å². The van der Waals surface area contributed by atoms with Crippen LogP contribution >= 0.6 is 0 Å². The number of benzene rings is 2. The highest BCUT2D eigenvalue weighted by Gasteiger charge is 2.38. The average Bonchev–Trinajstić information content (AvgIpc) is 2.61. The highest BCUT2D eigenvalue weighted by atomic mass is 19.4. The van der Waals surface area contributed by atoms with E-state index in [2.05, 4.69) is 0 Å². The Kier molecular flexibility index (Phi) is 6.13.